The number of rotatable bonds is 7. The van der Waals surface area contributed by atoms with E-state index in [1.807, 2.05) is 33.8 Å². The largest absolute Gasteiger partial charge is 0.354 e. The lowest BCUT2D eigenvalue weighted by atomic mass is 10.2. The Hall–Kier alpha value is -2.09. The molecule has 0 saturated heterocycles. The predicted octanol–water partition coefficient (Wildman–Crippen LogP) is 2.90. The third-order valence-corrected chi connectivity index (χ3v) is 4.17. The van der Waals surface area contributed by atoms with Gasteiger partial charge in [-0.3, -0.25) is 4.79 Å². The van der Waals surface area contributed by atoms with Crippen molar-refractivity contribution in [2.45, 2.75) is 46.5 Å². The Kier molecular flexibility index (Phi) is 5.97. The zero-order valence-electron chi connectivity index (χ0n) is 13.9. The summed E-state index contributed by atoms with van der Waals surface area (Å²) in [4.78, 5) is 20.5. The number of hydrogen-bond donors (Lipinski definition) is 2. The topological polar surface area (TPSA) is 92.7 Å². The van der Waals surface area contributed by atoms with Crippen LogP contribution in [0.2, 0.25) is 0 Å². The molecule has 0 saturated carbocycles. The van der Waals surface area contributed by atoms with E-state index >= 15 is 0 Å². The summed E-state index contributed by atoms with van der Waals surface area (Å²) >= 11 is 1.42. The molecule has 0 aliphatic rings. The van der Waals surface area contributed by atoms with E-state index in [0.717, 1.165) is 16.4 Å². The molecule has 2 rings (SSSR count). The van der Waals surface area contributed by atoms with Crippen molar-refractivity contribution in [1.82, 2.24) is 20.2 Å². The van der Waals surface area contributed by atoms with Crippen LogP contribution in [0.25, 0.3) is 0 Å². The lowest BCUT2D eigenvalue weighted by molar-refractivity contribution is -0.116. The van der Waals surface area contributed by atoms with Crippen LogP contribution in [-0.2, 0) is 4.79 Å². The van der Waals surface area contributed by atoms with E-state index in [9.17, 15) is 4.79 Å². The summed E-state index contributed by atoms with van der Waals surface area (Å²) in [5, 5.41) is 15.4. The summed E-state index contributed by atoms with van der Waals surface area (Å²) in [6.07, 6.45) is 1.10. The second-order valence-electron chi connectivity index (χ2n) is 5.65. The Morgan fingerprint density at radius 2 is 1.91 bits per heavy atom. The Morgan fingerprint density at radius 1 is 1.22 bits per heavy atom. The molecule has 7 nitrogen and oxygen atoms in total. The molecule has 2 N–H and O–H groups in total. The van der Waals surface area contributed by atoms with Crippen LogP contribution in [0.5, 0.6) is 0 Å². The number of amides is 1. The first-order valence-electron chi connectivity index (χ1n) is 7.63. The fraction of sp³-hybridized carbons (Fsp3) is 0.533. The number of hydrogen-bond acceptors (Lipinski definition) is 7. The third-order valence-electron chi connectivity index (χ3n) is 3.03. The minimum absolute atomic E-state index is 0.0559. The molecule has 0 radical (unpaired) electrons. The molecule has 0 aliphatic carbocycles. The summed E-state index contributed by atoms with van der Waals surface area (Å²) in [5.41, 5.74) is 1.85. The second kappa shape index (κ2) is 7.96. The van der Waals surface area contributed by atoms with E-state index in [1.54, 1.807) is 0 Å². The Labute approximate surface area is 140 Å². The van der Waals surface area contributed by atoms with Crippen molar-refractivity contribution in [2.24, 2.45) is 0 Å². The number of carbonyl (C=O) groups excluding carboxylic acids is 1. The van der Waals surface area contributed by atoms with Crippen LogP contribution in [-0.4, -0.2) is 32.6 Å². The van der Waals surface area contributed by atoms with Gasteiger partial charge in [-0.1, -0.05) is 25.2 Å². The SMILES string of the molecule is Cc1cc(C)nc(NCCCC(=O)Nc2nnc(C(C)C)s2)n1. The summed E-state index contributed by atoms with van der Waals surface area (Å²) < 4.78 is 0. The molecule has 23 heavy (non-hydrogen) atoms. The first-order chi connectivity index (χ1) is 10.9. The maximum atomic E-state index is 11.9. The molecule has 124 valence electrons. The Morgan fingerprint density at radius 3 is 2.52 bits per heavy atom. The molecule has 0 spiro atoms. The smallest absolute Gasteiger partial charge is 0.226 e. The van der Waals surface area contributed by atoms with Gasteiger partial charge < -0.3 is 10.6 Å². The standard InChI is InChI=1S/C15H22N6OS/c1-9(2)13-20-21-15(23-13)19-12(22)6-5-7-16-14-17-10(3)8-11(4)18-14/h8-9H,5-7H2,1-4H3,(H,16,17,18)(H,19,21,22). The predicted molar refractivity (Wildman–Crippen MR) is 91.9 cm³/mol. The van der Waals surface area contributed by atoms with Crippen molar-refractivity contribution in [3.8, 4) is 0 Å². The summed E-state index contributed by atoms with van der Waals surface area (Å²) in [6.45, 7) is 8.60. The molecule has 2 aromatic rings. The van der Waals surface area contributed by atoms with Gasteiger partial charge in [-0.25, -0.2) is 9.97 Å². The average Bonchev–Trinajstić information content (AvgIpc) is 2.91. The lowest BCUT2D eigenvalue weighted by Crippen LogP contribution is -2.14. The maximum Gasteiger partial charge on any atom is 0.226 e. The molecular formula is C15H22N6OS. The maximum absolute atomic E-state index is 11.9. The highest BCUT2D eigenvalue weighted by atomic mass is 32.1. The molecule has 2 heterocycles. The number of anilines is 2. The van der Waals surface area contributed by atoms with Gasteiger partial charge in [-0.2, -0.15) is 0 Å². The van der Waals surface area contributed by atoms with Gasteiger partial charge in [0.15, 0.2) is 0 Å². The van der Waals surface area contributed by atoms with Crippen LogP contribution >= 0.6 is 11.3 Å². The number of carbonyl (C=O) groups is 1. The van der Waals surface area contributed by atoms with Crippen molar-refractivity contribution >= 4 is 28.3 Å². The highest BCUT2D eigenvalue weighted by molar-refractivity contribution is 7.15. The average molecular weight is 334 g/mol. The van der Waals surface area contributed by atoms with Crippen LogP contribution in [0.3, 0.4) is 0 Å². The third kappa shape index (κ3) is 5.55. The Bertz CT molecular complexity index is 649. The Balaban J connectivity index is 1.72. The number of aromatic nitrogens is 4. The molecule has 1 amide bonds. The molecule has 0 atom stereocenters. The zero-order valence-corrected chi connectivity index (χ0v) is 14.7. The van der Waals surface area contributed by atoms with Crippen molar-refractivity contribution in [3.63, 3.8) is 0 Å². The van der Waals surface area contributed by atoms with Crippen molar-refractivity contribution in [2.75, 3.05) is 17.2 Å². The number of nitrogens with zero attached hydrogens (tertiary/aromatic N) is 4. The molecule has 8 heteroatoms. The zero-order chi connectivity index (χ0) is 16.8. The van der Waals surface area contributed by atoms with Crippen LogP contribution in [0.1, 0.15) is 49.0 Å². The molecule has 0 aliphatic heterocycles. The monoisotopic (exact) mass is 334 g/mol. The highest BCUT2D eigenvalue weighted by Crippen LogP contribution is 2.22. The van der Waals surface area contributed by atoms with Gasteiger partial charge in [0.05, 0.1) is 0 Å². The molecule has 2 aromatic heterocycles. The van der Waals surface area contributed by atoms with E-state index in [2.05, 4.69) is 30.8 Å². The van der Waals surface area contributed by atoms with Gasteiger partial charge in [-0.05, 0) is 26.3 Å². The van der Waals surface area contributed by atoms with Gasteiger partial charge in [-0.15, -0.1) is 10.2 Å². The van der Waals surface area contributed by atoms with Crippen LogP contribution in [0.15, 0.2) is 6.07 Å². The molecule has 0 fully saturated rings. The van der Waals surface area contributed by atoms with Gasteiger partial charge in [0.1, 0.15) is 5.01 Å². The van der Waals surface area contributed by atoms with Gasteiger partial charge >= 0.3 is 0 Å². The summed E-state index contributed by atoms with van der Waals surface area (Å²) in [5.74, 6) is 0.869. The van der Waals surface area contributed by atoms with E-state index in [-0.39, 0.29) is 5.91 Å². The van der Waals surface area contributed by atoms with Crippen molar-refractivity contribution in [3.05, 3.63) is 22.5 Å². The van der Waals surface area contributed by atoms with Gasteiger partial charge in [0.25, 0.3) is 0 Å². The molecular weight excluding hydrogens is 312 g/mol. The molecule has 0 bridgehead atoms. The van der Waals surface area contributed by atoms with Gasteiger partial charge in [0, 0.05) is 30.3 Å². The minimum atomic E-state index is -0.0559. The highest BCUT2D eigenvalue weighted by Gasteiger charge is 2.10. The van der Waals surface area contributed by atoms with Crippen LogP contribution < -0.4 is 10.6 Å². The fourth-order valence-electron chi connectivity index (χ4n) is 1.95. The van der Waals surface area contributed by atoms with Gasteiger partial charge in [0.2, 0.25) is 17.0 Å². The number of aryl methyl sites for hydroxylation is 2. The second-order valence-corrected chi connectivity index (χ2v) is 6.66. The quantitative estimate of drug-likeness (QED) is 0.756. The normalized spacial score (nSPS) is 10.8. The number of nitrogens with one attached hydrogen (secondary N) is 2. The summed E-state index contributed by atoms with van der Waals surface area (Å²) in [7, 11) is 0. The van der Waals surface area contributed by atoms with E-state index in [4.69, 9.17) is 0 Å². The van der Waals surface area contributed by atoms with E-state index in [0.29, 0.717) is 36.4 Å². The minimum Gasteiger partial charge on any atom is -0.354 e. The lowest BCUT2D eigenvalue weighted by Gasteiger charge is -2.06. The van der Waals surface area contributed by atoms with Crippen LogP contribution in [0, 0.1) is 13.8 Å². The van der Waals surface area contributed by atoms with E-state index in [1.165, 1.54) is 11.3 Å². The van der Waals surface area contributed by atoms with Crippen molar-refractivity contribution < 1.29 is 4.79 Å². The molecule has 0 unspecified atom stereocenters. The first kappa shape index (κ1) is 17.3. The fourth-order valence-corrected chi connectivity index (χ4v) is 2.72. The van der Waals surface area contributed by atoms with Crippen LogP contribution in [0.4, 0.5) is 11.1 Å². The first-order valence-corrected chi connectivity index (χ1v) is 8.45. The molecule has 0 aromatic carbocycles. The summed E-state index contributed by atoms with van der Waals surface area (Å²) in [6, 6.07) is 1.92. The van der Waals surface area contributed by atoms with Crippen molar-refractivity contribution in [1.29, 1.82) is 0 Å². The van der Waals surface area contributed by atoms with E-state index < -0.39 is 0 Å².